The first kappa shape index (κ1) is 21.9. The van der Waals surface area contributed by atoms with Crippen molar-refractivity contribution < 1.29 is 53.9 Å². The van der Waals surface area contributed by atoms with E-state index < -0.39 is 57.2 Å². The third kappa shape index (κ3) is 5.97. The van der Waals surface area contributed by atoms with Gasteiger partial charge in [-0.3, -0.25) is 4.52 Å². The number of phosphoric acid groups is 1. The van der Waals surface area contributed by atoms with Crippen molar-refractivity contribution in [2.75, 3.05) is 13.2 Å². The molecule has 2 aliphatic heterocycles. The first-order valence-electron chi connectivity index (χ1n) is 7.32. The summed E-state index contributed by atoms with van der Waals surface area (Å²) < 4.78 is 24.5. The lowest BCUT2D eigenvalue weighted by molar-refractivity contribution is -0.0171. The minimum Gasteiger partial charge on any atom is -0.394 e. The van der Waals surface area contributed by atoms with Crippen LogP contribution in [-0.4, -0.2) is 97.4 Å². The van der Waals surface area contributed by atoms with E-state index in [2.05, 4.69) is 4.52 Å². The maximum Gasteiger partial charge on any atom is 0.469 e. The van der Waals surface area contributed by atoms with E-state index in [-0.39, 0.29) is 12.7 Å². The molecule has 144 valence electrons. The van der Waals surface area contributed by atoms with E-state index in [1.165, 1.54) is 0 Å². The van der Waals surface area contributed by atoms with Crippen molar-refractivity contribution >= 4 is 7.82 Å². The van der Waals surface area contributed by atoms with Gasteiger partial charge in [-0.2, -0.15) is 0 Å². The lowest BCUT2D eigenvalue weighted by atomic mass is 10.1. The van der Waals surface area contributed by atoms with Gasteiger partial charge in [-0.15, -0.1) is 0 Å². The summed E-state index contributed by atoms with van der Waals surface area (Å²) in [6.07, 6.45) is -6.53. The van der Waals surface area contributed by atoms with Crippen molar-refractivity contribution in [1.29, 1.82) is 0 Å². The Labute approximate surface area is 138 Å². The number of hydrogen-bond donors (Lipinski definition) is 7. The van der Waals surface area contributed by atoms with E-state index in [9.17, 15) is 14.8 Å². The van der Waals surface area contributed by atoms with Crippen LogP contribution >= 0.6 is 7.82 Å². The van der Waals surface area contributed by atoms with Gasteiger partial charge in [0.15, 0.2) is 0 Å². The van der Waals surface area contributed by atoms with Crippen molar-refractivity contribution in [3.05, 3.63) is 0 Å². The Morgan fingerprint density at radius 3 is 1.54 bits per heavy atom. The topological polar surface area (TPSA) is 186 Å². The van der Waals surface area contributed by atoms with Crippen LogP contribution in [0.3, 0.4) is 0 Å². The van der Waals surface area contributed by atoms with Crippen LogP contribution in [0.5, 0.6) is 0 Å². The van der Waals surface area contributed by atoms with Gasteiger partial charge in [0, 0.05) is 0 Å². The molecular formula is C12H25O11P. The van der Waals surface area contributed by atoms with Gasteiger partial charge in [-0.05, 0) is 13.8 Å². The fourth-order valence-corrected chi connectivity index (χ4v) is 2.67. The fraction of sp³-hybridized carbons (Fsp3) is 1.00. The number of hydrogen-bond acceptors (Lipinski definition) is 9. The first-order chi connectivity index (χ1) is 11.0. The van der Waals surface area contributed by atoms with Gasteiger partial charge in [-0.25, -0.2) is 4.57 Å². The van der Waals surface area contributed by atoms with Gasteiger partial charge in [0.05, 0.1) is 25.4 Å². The highest BCUT2D eigenvalue weighted by Gasteiger charge is 2.41. The monoisotopic (exact) mass is 376 g/mol. The van der Waals surface area contributed by atoms with Gasteiger partial charge < -0.3 is 44.8 Å². The molecule has 0 radical (unpaired) electrons. The first-order valence-corrected chi connectivity index (χ1v) is 8.85. The van der Waals surface area contributed by atoms with E-state index in [1.807, 2.05) is 0 Å². The molecule has 2 rings (SSSR count). The Kier molecular flexibility index (Phi) is 8.17. The molecule has 12 heteroatoms. The van der Waals surface area contributed by atoms with Crippen molar-refractivity contribution in [1.82, 2.24) is 0 Å². The molecule has 0 spiro atoms. The van der Waals surface area contributed by atoms with Crippen LogP contribution in [-0.2, 0) is 18.6 Å². The van der Waals surface area contributed by atoms with E-state index >= 15 is 0 Å². The molecule has 0 saturated carbocycles. The number of phosphoric ester groups is 1. The molecule has 2 heterocycles. The van der Waals surface area contributed by atoms with Crippen LogP contribution in [0, 0.1) is 0 Å². The summed E-state index contributed by atoms with van der Waals surface area (Å²) in [6, 6.07) is 0. The molecule has 0 aromatic heterocycles. The Morgan fingerprint density at radius 2 is 1.29 bits per heavy atom. The molecule has 2 fully saturated rings. The van der Waals surface area contributed by atoms with Gasteiger partial charge in [0.1, 0.15) is 36.6 Å². The molecule has 0 bridgehead atoms. The van der Waals surface area contributed by atoms with Crippen LogP contribution in [0.4, 0.5) is 0 Å². The highest BCUT2D eigenvalue weighted by atomic mass is 31.2. The van der Waals surface area contributed by atoms with Gasteiger partial charge in [0.25, 0.3) is 0 Å². The highest BCUT2D eigenvalue weighted by Crippen LogP contribution is 2.37. The molecule has 11 nitrogen and oxygen atoms in total. The molecular weight excluding hydrogens is 351 g/mol. The van der Waals surface area contributed by atoms with E-state index in [0.29, 0.717) is 0 Å². The number of aliphatic hydroxyl groups excluding tert-OH is 5. The van der Waals surface area contributed by atoms with Crippen LogP contribution in [0.2, 0.25) is 0 Å². The number of rotatable bonds is 4. The van der Waals surface area contributed by atoms with Gasteiger partial charge in [0.2, 0.25) is 0 Å². The summed E-state index contributed by atoms with van der Waals surface area (Å²) in [6.45, 7) is 2.50. The number of ether oxygens (including phenoxy) is 2. The predicted molar refractivity (Wildman–Crippen MR) is 77.8 cm³/mol. The second-order valence-electron chi connectivity index (χ2n) is 5.69. The molecule has 0 unspecified atom stereocenters. The molecule has 24 heavy (non-hydrogen) atoms. The van der Waals surface area contributed by atoms with Crippen LogP contribution in [0.25, 0.3) is 0 Å². The van der Waals surface area contributed by atoms with Crippen LogP contribution in [0.1, 0.15) is 13.8 Å². The van der Waals surface area contributed by atoms with Crippen LogP contribution < -0.4 is 0 Å². The van der Waals surface area contributed by atoms with Gasteiger partial charge >= 0.3 is 7.82 Å². The standard InChI is InChI=1S/C6H13O7P.C6H12O4/c1-3-5(7)6(8)4(13-3)2-12-14(9,10)11;1-3-5(8)6(9)4(2-7)10-3/h3-8H,2H2,1H3,(H2,9,10,11);3-9H,2H2,1H3/t2*3-,4+,5-,6+/m00/s1. The van der Waals surface area contributed by atoms with Crippen molar-refractivity contribution in [2.24, 2.45) is 0 Å². The lowest BCUT2D eigenvalue weighted by Gasteiger charge is -2.14. The zero-order valence-electron chi connectivity index (χ0n) is 13.2. The molecule has 0 aromatic carbocycles. The van der Waals surface area contributed by atoms with E-state index in [1.54, 1.807) is 13.8 Å². The van der Waals surface area contributed by atoms with Gasteiger partial charge in [-0.1, -0.05) is 0 Å². The Balaban J connectivity index is 0.000000254. The van der Waals surface area contributed by atoms with Crippen molar-refractivity contribution in [2.45, 2.75) is 62.7 Å². The molecule has 0 amide bonds. The zero-order valence-corrected chi connectivity index (χ0v) is 14.1. The minimum atomic E-state index is -4.56. The third-order valence-corrected chi connectivity index (χ3v) is 4.27. The molecule has 2 saturated heterocycles. The molecule has 7 N–H and O–H groups in total. The van der Waals surface area contributed by atoms with E-state index in [0.717, 1.165) is 0 Å². The average Bonchev–Trinajstić information content (AvgIpc) is 2.89. The Morgan fingerprint density at radius 1 is 0.875 bits per heavy atom. The summed E-state index contributed by atoms with van der Waals surface area (Å²) in [4.78, 5) is 16.8. The third-order valence-electron chi connectivity index (χ3n) is 3.79. The summed E-state index contributed by atoms with van der Waals surface area (Å²) in [5.74, 6) is 0. The second-order valence-corrected chi connectivity index (χ2v) is 6.93. The second kappa shape index (κ2) is 8.97. The minimum absolute atomic E-state index is 0.247. The quantitative estimate of drug-likeness (QED) is 0.249. The molecule has 0 aromatic rings. The Bertz CT molecular complexity index is 429. The largest absolute Gasteiger partial charge is 0.469 e. The summed E-state index contributed by atoms with van der Waals surface area (Å²) >= 11 is 0. The smallest absolute Gasteiger partial charge is 0.394 e. The summed E-state index contributed by atoms with van der Waals surface area (Å²) in [5.41, 5.74) is 0. The fourth-order valence-electron chi connectivity index (χ4n) is 2.33. The predicted octanol–water partition coefficient (Wildman–Crippen LogP) is -2.91. The molecule has 2 aliphatic rings. The SMILES string of the molecule is C[C@@H]1O[C@H](CO)[C@@H](O)[C@H]1O.C[C@@H]1O[C@H](COP(=O)(O)O)[C@@H](O)[C@H]1O. The van der Waals surface area contributed by atoms with Crippen molar-refractivity contribution in [3.8, 4) is 0 Å². The number of aliphatic hydroxyl groups is 5. The zero-order chi connectivity index (χ0) is 18.7. The van der Waals surface area contributed by atoms with E-state index in [4.69, 9.17) is 34.6 Å². The lowest BCUT2D eigenvalue weighted by Crippen LogP contribution is -2.33. The maximum atomic E-state index is 10.3. The van der Waals surface area contributed by atoms with Crippen molar-refractivity contribution in [3.63, 3.8) is 0 Å². The molecule has 0 aliphatic carbocycles. The summed E-state index contributed by atoms with van der Waals surface area (Å²) in [7, 11) is -4.56. The summed E-state index contributed by atoms with van der Waals surface area (Å²) in [5, 5.41) is 45.3. The normalized spacial score (nSPS) is 42.7. The maximum absolute atomic E-state index is 10.3. The highest BCUT2D eigenvalue weighted by molar-refractivity contribution is 7.46. The van der Waals surface area contributed by atoms with Crippen LogP contribution in [0.15, 0.2) is 0 Å². The molecule has 8 atom stereocenters. The average molecular weight is 376 g/mol. The Hall–Kier alpha value is -0.170.